The molecule has 0 saturated carbocycles. The molecule has 1 aliphatic carbocycles. The lowest BCUT2D eigenvalue weighted by molar-refractivity contribution is 0.104. The fourth-order valence-electron chi connectivity index (χ4n) is 2.97. The Hall–Kier alpha value is -2.67. The van der Waals surface area contributed by atoms with E-state index in [1.54, 1.807) is 0 Å². The highest BCUT2D eigenvalue weighted by Crippen LogP contribution is 2.28. The first-order valence-corrected chi connectivity index (χ1v) is 7.13. The minimum atomic E-state index is 0.166. The quantitative estimate of drug-likeness (QED) is 0.588. The van der Waals surface area contributed by atoms with Gasteiger partial charge >= 0.3 is 0 Å². The highest BCUT2D eigenvalue weighted by atomic mass is 16.1. The molecule has 0 unspecified atom stereocenters. The standard InChI is InChI=1S/C20H14O/c21-20-18(13-17-7-3-4-8-19(17)20)12-14-9-10-15-5-1-2-6-16(15)11-14/h1-12H,13H2/b18-12+. The van der Waals surface area contributed by atoms with Crippen LogP contribution in [-0.4, -0.2) is 5.78 Å². The molecule has 0 aromatic heterocycles. The molecule has 1 aliphatic rings. The molecule has 0 N–H and O–H groups in total. The summed E-state index contributed by atoms with van der Waals surface area (Å²) in [5.41, 5.74) is 3.95. The fraction of sp³-hybridized carbons (Fsp3) is 0.0500. The Bertz CT molecular complexity index is 887. The summed E-state index contributed by atoms with van der Waals surface area (Å²) in [5.74, 6) is 0.166. The summed E-state index contributed by atoms with van der Waals surface area (Å²) in [5, 5.41) is 2.43. The van der Waals surface area contributed by atoms with Crippen molar-refractivity contribution in [3.63, 3.8) is 0 Å². The third-order valence-corrected chi connectivity index (χ3v) is 4.05. The van der Waals surface area contributed by atoms with Crippen molar-refractivity contribution >= 4 is 22.6 Å². The van der Waals surface area contributed by atoms with E-state index >= 15 is 0 Å². The van der Waals surface area contributed by atoms with Crippen molar-refractivity contribution in [1.29, 1.82) is 0 Å². The van der Waals surface area contributed by atoms with Gasteiger partial charge in [0.2, 0.25) is 0 Å². The summed E-state index contributed by atoms with van der Waals surface area (Å²) in [7, 11) is 0. The van der Waals surface area contributed by atoms with Crippen LogP contribution in [0.1, 0.15) is 21.5 Å². The van der Waals surface area contributed by atoms with E-state index in [1.165, 1.54) is 10.8 Å². The molecular weight excluding hydrogens is 256 g/mol. The molecule has 0 fully saturated rings. The number of carbonyl (C=O) groups excluding carboxylic acids is 1. The van der Waals surface area contributed by atoms with E-state index in [2.05, 4.69) is 30.3 Å². The van der Waals surface area contributed by atoms with Crippen LogP contribution in [0.5, 0.6) is 0 Å². The van der Waals surface area contributed by atoms with Crippen molar-refractivity contribution in [3.8, 4) is 0 Å². The zero-order chi connectivity index (χ0) is 14.2. The molecule has 1 nitrogen and oxygen atoms in total. The summed E-state index contributed by atoms with van der Waals surface area (Å²) in [6.07, 6.45) is 2.76. The molecule has 0 amide bonds. The van der Waals surface area contributed by atoms with Gasteiger partial charge in [0.05, 0.1) is 0 Å². The second kappa shape index (κ2) is 4.71. The molecule has 3 aromatic rings. The third-order valence-electron chi connectivity index (χ3n) is 4.05. The number of allylic oxidation sites excluding steroid dienone is 1. The van der Waals surface area contributed by atoms with E-state index < -0.39 is 0 Å². The maximum atomic E-state index is 12.4. The van der Waals surface area contributed by atoms with Crippen LogP contribution < -0.4 is 0 Å². The maximum Gasteiger partial charge on any atom is 0.189 e. The Kier molecular flexibility index (Phi) is 2.71. The minimum absolute atomic E-state index is 0.166. The molecule has 1 heteroatoms. The van der Waals surface area contributed by atoms with Crippen LogP contribution in [0.3, 0.4) is 0 Å². The summed E-state index contributed by atoms with van der Waals surface area (Å²) in [4.78, 5) is 12.4. The Morgan fingerprint density at radius 2 is 1.57 bits per heavy atom. The Morgan fingerprint density at radius 1 is 0.810 bits per heavy atom. The van der Waals surface area contributed by atoms with E-state index in [-0.39, 0.29) is 5.78 Å². The predicted octanol–water partition coefficient (Wildman–Crippen LogP) is 4.66. The largest absolute Gasteiger partial charge is 0.289 e. The van der Waals surface area contributed by atoms with Gasteiger partial charge in [-0.25, -0.2) is 0 Å². The van der Waals surface area contributed by atoms with E-state index in [0.717, 1.165) is 28.7 Å². The van der Waals surface area contributed by atoms with Crippen molar-refractivity contribution in [2.45, 2.75) is 6.42 Å². The highest BCUT2D eigenvalue weighted by Gasteiger charge is 2.23. The number of ketones is 1. The summed E-state index contributed by atoms with van der Waals surface area (Å²) < 4.78 is 0. The van der Waals surface area contributed by atoms with E-state index in [4.69, 9.17) is 0 Å². The van der Waals surface area contributed by atoms with Crippen LogP contribution in [-0.2, 0) is 6.42 Å². The number of fused-ring (bicyclic) bond motifs is 2. The smallest absolute Gasteiger partial charge is 0.189 e. The Morgan fingerprint density at radius 3 is 2.43 bits per heavy atom. The Balaban J connectivity index is 1.76. The van der Waals surface area contributed by atoms with Crippen LogP contribution in [0.2, 0.25) is 0 Å². The monoisotopic (exact) mass is 270 g/mol. The normalized spacial score (nSPS) is 15.6. The number of carbonyl (C=O) groups is 1. The number of hydrogen-bond donors (Lipinski definition) is 0. The van der Waals surface area contributed by atoms with Crippen molar-refractivity contribution in [2.24, 2.45) is 0 Å². The summed E-state index contributed by atoms with van der Waals surface area (Å²) >= 11 is 0. The average molecular weight is 270 g/mol. The topological polar surface area (TPSA) is 17.1 Å². The molecule has 0 saturated heterocycles. The van der Waals surface area contributed by atoms with Crippen molar-refractivity contribution in [1.82, 2.24) is 0 Å². The highest BCUT2D eigenvalue weighted by molar-refractivity contribution is 6.15. The van der Waals surface area contributed by atoms with Crippen molar-refractivity contribution in [3.05, 3.63) is 89.0 Å². The number of Topliss-reactive ketones (excluding diaryl/α,β-unsaturated/α-hetero) is 1. The minimum Gasteiger partial charge on any atom is -0.289 e. The summed E-state index contributed by atoms with van der Waals surface area (Å²) in [6.45, 7) is 0. The molecule has 21 heavy (non-hydrogen) atoms. The van der Waals surface area contributed by atoms with Crippen LogP contribution in [0.25, 0.3) is 16.8 Å². The van der Waals surface area contributed by atoms with Gasteiger partial charge in [-0.1, -0.05) is 60.7 Å². The molecule has 0 heterocycles. The second-order valence-electron chi connectivity index (χ2n) is 5.44. The van der Waals surface area contributed by atoms with Crippen LogP contribution in [0.4, 0.5) is 0 Å². The van der Waals surface area contributed by atoms with Crippen molar-refractivity contribution < 1.29 is 4.79 Å². The first-order chi connectivity index (χ1) is 10.3. The lowest BCUT2D eigenvalue weighted by Gasteiger charge is -2.01. The van der Waals surface area contributed by atoms with Crippen LogP contribution in [0, 0.1) is 0 Å². The van der Waals surface area contributed by atoms with Gasteiger partial charge < -0.3 is 0 Å². The molecule has 0 aliphatic heterocycles. The summed E-state index contributed by atoms with van der Waals surface area (Å²) in [6, 6.07) is 22.5. The Labute approximate surface area is 123 Å². The van der Waals surface area contributed by atoms with Gasteiger partial charge in [0.1, 0.15) is 0 Å². The van der Waals surface area contributed by atoms with Gasteiger partial charge in [0.15, 0.2) is 5.78 Å². The first-order valence-electron chi connectivity index (χ1n) is 7.13. The molecule has 0 atom stereocenters. The predicted molar refractivity (Wildman–Crippen MR) is 86.4 cm³/mol. The maximum absolute atomic E-state index is 12.4. The van der Waals surface area contributed by atoms with Crippen LogP contribution >= 0.6 is 0 Å². The molecule has 100 valence electrons. The molecule has 0 radical (unpaired) electrons. The first kappa shape index (κ1) is 12.1. The molecule has 3 aromatic carbocycles. The van der Waals surface area contributed by atoms with Gasteiger partial charge in [-0.2, -0.15) is 0 Å². The zero-order valence-corrected chi connectivity index (χ0v) is 11.5. The fourth-order valence-corrected chi connectivity index (χ4v) is 2.97. The van der Waals surface area contributed by atoms with Crippen LogP contribution in [0.15, 0.2) is 72.3 Å². The molecule has 0 spiro atoms. The second-order valence-corrected chi connectivity index (χ2v) is 5.44. The number of hydrogen-bond acceptors (Lipinski definition) is 1. The number of benzene rings is 3. The molecule has 4 rings (SSSR count). The van der Waals surface area contributed by atoms with E-state index in [9.17, 15) is 4.79 Å². The lowest BCUT2D eigenvalue weighted by Crippen LogP contribution is -1.94. The lowest BCUT2D eigenvalue weighted by atomic mass is 10.0. The van der Waals surface area contributed by atoms with Gasteiger partial charge in [-0.05, 0) is 34.0 Å². The van der Waals surface area contributed by atoms with Gasteiger partial charge in [0, 0.05) is 17.6 Å². The van der Waals surface area contributed by atoms with Gasteiger partial charge in [-0.3, -0.25) is 4.79 Å². The van der Waals surface area contributed by atoms with Crippen molar-refractivity contribution in [2.75, 3.05) is 0 Å². The average Bonchev–Trinajstić information content (AvgIpc) is 2.84. The third kappa shape index (κ3) is 2.07. The molecular formula is C20H14O. The van der Waals surface area contributed by atoms with Gasteiger partial charge in [-0.15, -0.1) is 0 Å². The number of rotatable bonds is 1. The van der Waals surface area contributed by atoms with E-state index in [0.29, 0.717) is 0 Å². The van der Waals surface area contributed by atoms with E-state index in [1.807, 2.05) is 42.5 Å². The molecule has 0 bridgehead atoms. The SMILES string of the molecule is O=C1/C(=C/c2ccc3ccccc3c2)Cc2ccccc21. The zero-order valence-electron chi connectivity index (χ0n) is 11.5. The van der Waals surface area contributed by atoms with Gasteiger partial charge in [0.25, 0.3) is 0 Å².